The summed E-state index contributed by atoms with van der Waals surface area (Å²) >= 11 is 9.55. The number of benzene rings is 2. The normalized spacial score (nSPS) is 10.3. The molecule has 21 heavy (non-hydrogen) atoms. The molecule has 2 aromatic carbocycles. The Hall–Kier alpha value is -1.52. The Kier molecular flexibility index (Phi) is 5.26. The summed E-state index contributed by atoms with van der Waals surface area (Å²) in [5, 5.41) is 6.68. The molecule has 2 aromatic rings. The van der Waals surface area contributed by atoms with Crippen molar-refractivity contribution >= 4 is 44.8 Å². The van der Waals surface area contributed by atoms with Crippen molar-refractivity contribution in [3.05, 3.63) is 57.0 Å². The van der Waals surface area contributed by atoms with Gasteiger partial charge in [0.2, 0.25) is 0 Å². The Morgan fingerprint density at radius 3 is 2.67 bits per heavy atom. The summed E-state index contributed by atoms with van der Waals surface area (Å²) in [5.74, 6) is -0.174. The van der Waals surface area contributed by atoms with Crippen LogP contribution in [0.1, 0.15) is 22.8 Å². The van der Waals surface area contributed by atoms with Crippen LogP contribution in [0.4, 0.5) is 11.4 Å². The van der Waals surface area contributed by atoms with E-state index in [-0.39, 0.29) is 5.91 Å². The first-order chi connectivity index (χ1) is 10.0. The summed E-state index contributed by atoms with van der Waals surface area (Å²) < 4.78 is 0.804. The number of rotatable bonds is 4. The highest BCUT2D eigenvalue weighted by Gasteiger charge is 2.13. The number of nitrogens with one attached hydrogen (secondary N) is 2. The van der Waals surface area contributed by atoms with Crippen LogP contribution in [-0.4, -0.2) is 12.5 Å². The van der Waals surface area contributed by atoms with Gasteiger partial charge in [-0.05, 0) is 59.6 Å². The van der Waals surface area contributed by atoms with E-state index < -0.39 is 0 Å². The number of para-hydroxylation sites is 1. The van der Waals surface area contributed by atoms with E-state index in [0.717, 1.165) is 22.3 Å². The highest BCUT2D eigenvalue weighted by Crippen LogP contribution is 2.30. The van der Waals surface area contributed by atoms with E-state index in [1.807, 2.05) is 38.1 Å². The van der Waals surface area contributed by atoms with Gasteiger partial charge in [-0.1, -0.05) is 23.7 Å². The highest BCUT2D eigenvalue weighted by atomic mass is 79.9. The fraction of sp³-hybridized carbons (Fsp3) is 0.188. The number of amides is 1. The van der Waals surface area contributed by atoms with Crippen LogP contribution in [-0.2, 0) is 0 Å². The maximum absolute atomic E-state index is 12.4. The van der Waals surface area contributed by atoms with Crippen LogP contribution in [0.2, 0.25) is 5.02 Å². The van der Waals surface area contributed by atoms with Gasteiger partial charge in [-0.2, -0.15) is 0 Å². The molecule has 2 N–H and O–H groups in total. The maximum Gasteiger partial charge on any atom is 0.257 e. The third-order valence-electron chi connectivity index (χ3n) is 3.04. The van der Waals surface area contributed by atoms with Crippen molar-refractivity contribution in [3.8, 4) is 0 Å². The van der Waals surface area contributed by atoms with E-state index in [1.54, 1.807) is 12.1 Å². The molecule has 3 nitrogen and oxygen atoms in total. The first-order valence-electron chi connectivity index (χ1n) is 6.62. The Labute approximate surface area is 137 Å². The molecule has 0 aliphatic rings. The van der Waals surface area contributed by atoms with Gasteiger partial charge >= 0.3 is 0 Å². The monoisotopic (exact) mass is 366 g/mol. The summed E-state index contributed by atoms with van der Waals surface area (Å²) in [6.45, 7) is 4.66. The van der Waals surface area contributed by atoms with Gasteiger partial charge in [-0.25, -0.2) is 0 Å². The third-order valence-corrected chi connectivity index (χ3v) is 4.10. The number of halogens is 2. The zero-order valence-corrected chi connectivity index (χ0v) is 14.2. The number of hydrogen-bond donors (Lipinski definition) is 2. The molecular formula is C16H16BrClN2O. The number of aryl methyl sites for hydroxylation is 1. The molecule has 0 radical (unpaired) electrons. The average Bonchev–Trinajstić information content (AvgIpc) is 2.45. The van der Waals surface area contributed by atoms with Gasteiger partial charge in [-0.15, -0.1) is 0 Å². The van der Waals surface area contributed by atoms with Gasteiger partial charge < -0.3 is 10.6 Å². The number of hydrogen-bond acceptors (Lipinski definition) is 2. The molecule has 0 aromatic heterocycles. The summed E-state index contributed by atoms with van der Waals surface area (Å²) in [7, 11) is 0. The summed E-state index contributed by atoms with van der Waals surface area (Å²) in [6, 6.07) is 11.0. The van der Waals surface area contributed by atoms with Crippen LogP contribution in [0.5, 0.6) is 0 Å². The second kappa shape index (κ2) is 6.96. The van der Waals surface area contributed by atoms with Crippen molar-refractivity contribution in [2.45, 2.75) is 13.8 Å². The standard InChI is InChI=1S/C16H16BrClN2O/c1-3-19-14-7-5-4-6-11(14)16(21)20-15-9-13(18)10(2)8-12(15)17/h4-9,19H,3H2,1-2H3,(H,20,21). The molecule has 0 saturated carbocycles. The van der Waals surface area contributed by atoms with E-state index in [4.69, 9.17) is 11.6 Å². The zero-order chi connectivity index (χ0) is 15.4. The molecule has 0 fully saturated rings. The molecule has 2 rings (SSSR count). The van der Waals surface area contributed by atoms with Crippen molar-refractivity contribution in [2.75, 3.05) is 17.2 Å². The first-order valence-corrected chi connectivity index (χ1v) is 7.80. The van der Waals surface area contributed by atoms with E-state index in [0.29, 0.717) is 16.3 Å². The Bertz CT molecular complexity index is 673. The van der Waals surface area contributed by atoms with E-state index in [1.165, 1.54) is 0 Å². The molecule has 0 spiro atoms. The van der Waals surface area contributed by atoms with Gasteiger partial charge in [0.05, 0.1) is 11.3 Å². The van der Waals surface area contributed by atoms with E-state index >= 15 is 0 Å². The molecule has 0 unspecified atom stereocenters. The molecule has 0 aliphatic carbocycles. The van der Waals surface area contributed by atoms with Crippen LogP contribution in [0.25, 0.3) is 0 Å². The third kappa shape index (κ3) is 3.77. The van der Waals surface area contributed by atoms with Gasteiger partial charge in [0.25, 0.3) is 5.91 Å². The van der Waals surface area contributed by atoms with E-state index in [2.05, 4.69) is 26.6 Å². The van der Waals surface area contributed by atoms with Crippen molar-refractivity contribution in [3.63, 3.8) is 0 Å². The van der Waals surface area contributed by atoms with Crippen LogP contribution in [0, 0.1) is 6.92 Å². The highest BCUT2D eigenvalue weighted by molar-refractivity contribution is 9.10. The minimum absolute atomic E-state index is 0.174. The zero-order valence-electron chi connectivity index (χ0n) is 11.8. The van der Waals surface area contributed by atoms with Crippen molar-refractivity contribution in [1.82, 2.24) is 0 Å². The molecule has 0 saturated heterocycles. The number of anilines is 2. The second-order valence-electron chi connectivity index (χ2n) is 4.61. The largest absolute Gasteiger partial charge is 0.385 e. The van der Waals surface area contributed by atoms with Crippen LogP contribution in [0.15, 0.2) is 40.9 Å². The van der Waals surface area contributed by atoms with Crippen molar-refractivity contribution in [2.24, 2.45) is 0 Å². The lowest BCUT2D eigenvalue weighted by Gasteiger charge is -2.13. The lowest BCUT2D eigenvalue weighted by Crippen LogP contribution is -2.15. The molecule has 1 amide bonds. The molecule has 110 valence electrons. The fourth-order valence-corrected chi connectivity index (χ4v) is 2.68. The average molecular weight is 368 g/mol. The Morgan fingerprint density at radius 1 is 1.24 bits per heavy atom. The predicted octanol–water partition coefficient (Wildman–Crippen LogP) is 5.10. The second-order valence-corrected chi connectivity index (χ2v) is 5.87. The maximum atomic E-state index is 12.4. The fourth-order valence-electron chi connectivity index (χ4n) is 1.96. The minimum Gasteiger partial charge on any atom is -0.385 e. The Morgan fingerprint density at radius 2 is 1.95 bits per heavy atom. The Balaban J connectivity index is 2.28. The minimum atomic E-state index is -0.174. The smallest absolute Gasteiger partial charge is 0.257 e. The SMILES string of the molecule is CCNc1ccccc1C(=O)Nc1cc(Cl)c(C)cc1Br. The summed E-state index contributed by atoms with van der Waals surface area (Å²) in [5.41, 5.74) is 3.02. The number of carbonyl (C=O) groups is 1. The van der Waals surface area contributed by atoms with Crippen LogP contribution < -0.4 is 10.6 Å². The predicted molar refractivity (Wildman–Crippen MR) is 92.4 cm³/mol. The van der Waals surface area contributed by atoms with Gasteiger partial charge in [0.15, 0.2) is 0 Å². The molecule has 0 aliphatic heterocycles. The lowest BCUT2D eigenvalue weighted by molar-refractivity contribution is 0.102. The number of carbonyl (C=O) groups excluding carboxylic acids is 1. The molecular weight excluding hydrogens is 352 g/mol. The van der Waals surface area contributed by atoms with Gasteiger partial charge in [-0.3, -0.25) is 4.79 Å². The van der Waals surface area contributed by atoms with E-state index in [9.17, 15) is 4.79 Å². The first kappa shape index (κ1) is 15.9. The van der Waals surface area contributed by atoms with Crippen LogP contribution >= 0.6 is 27.5 Å². The summed E-state index contributed by atoms with van der Waals surface area (Å²) in [6.07, 6.45) is 0. The van der Waals surface area contributed by atoms with Gasteiger partial charge in [0.1, 0.15) is 0 Å². The molecule has 5 heteroatoms. The molecule has 0 heterocycles. The van der Waals surface area contributed by atoms with Crippen molar-refractivity contribution < 1.29 is 4.79 Å². The lowest BCUT2D eigenvalue weighted by atomic mass is 10.1. The van der Waals surface area contributed by atoms with Gasteiger partial charge in [0, 0.05) is 21.7 Å². The molecule has 0 atom stereocenters. The summed E-state index contributed by atoms with van der Waals surface area (Å²) in [4.78, 5) is 12.4. The topological polar surface area (TPSA) is 41.1 Å². The van der Waals surface area contributed by atoms with Crippen molar-refractivity contribution in [1.29, 1.82) is 0 Å². The molecule has 0 bridgehead atoms. The quantitative estimate of drug-likeness (QED) is 0.790. The van der Waals surface area contributed by atoms with Crippen LogP contribution in [0.3, 0.4) is 0 Å².